The number of hydrogen-bond donors (Lipinski definition) is 1. The van der Waals surface area contributed by atoms with Crippen LogP contribution in [0.3, 0.4) is 0 Å². The van der Waals surface area contributed by atoms with Crippen molar-refractivity contribution in [2.45, 2.75) is 26.9 Å². The minimum Gasteiger partial charge on any atom is -0.361 e. The third-order valence-electron chi connectivity index (χ3n) is 5.71. The summed E-state index contributed by atoms with van der Waals surface area (Å²) in [5, 5.41) is 7.09. The van der Waals surface area contributed by atoms with Gasteiger partial charge in [-0.25, -0.2) is 20.4 Å². The number of aryl methyl sites for hydroxylation is 2. The summed E-state index contributed by atoms with van der Waals surface area (Å²) in [6.07, 6.45) is 6.45. The summed E-state index contributed by atoms with van der Waals surface area (Å²) < 4.78 is 5.29. The predicted octanol–water partition coefficient (Wildman–Crippen LogP) is 5.35. The van der Waals surface area contributed by atoms with Crippen LogP contribution in [0.4, 0.5) is 0 Å². The standard InChI is InChI=1S/C26H21Cl2N7O2/c1-15-24(16(2)37-34-15)19-3-4-22-20(9-19)12-31-25(33-22)26(36)35(14-17-5-6-30-23(28)8-17)32-11-18-7-21(27)13-29-10-18/h3-10,12-13,32H,11,14H2,1-2H3. The van der Waals surface area contributed by atoms with E-state index in [9.17, 15) is 4.79 Å². The lowest BCUT2D eigenvalue weighted by molar-refractivity contribution is 0.0621. The fourth-order valence-corrected chi connectivity index (χ4v) is 4.36. The smallest absolute Gasteiger partial charge is 0.306 e. The Balaban J connectivity index is 1.43. The second kappa shape index (κ2) is 10.6. The number of hydrazine groups is 1. The van der Waals surface area contributed by atoms with Gasteiger partial charge in [-0.15, -0.1) is 0 Å². The molecule has 0 fully saturated rings. The molecule has 1 aromatic carbocycles. The molecule has 0 unspecified atom stereocenters. The lowest BCUT2D eigenvalue weighted by Crippen LogP contribution is -2.42. The number of amides is 1. The molecule has 0 bridgehead atoms. The number of pyridine rings is 2. The average Bonchev–Trinajstić information content (AvgIpc) is 3.23. The van der Waals surface area contributed by atoms with Gasteiger partial charge in [0.05, 0.1) is 22.8 Å². The van der Waals surface area contributed by atoms with Gasteiger partial charge in [-0.1, -0.05) is 34.4 Å². The quantitative estimate of drug-likeness (QED) is 0.220. The molecule has 5 rings (SSSR count). The van der Waals surface area contributed by atoms with Gasteiger partial charge in [0, 0.05) is 42.3 Å². The van der Waals surface area contributed by atoms with Crippen molar-refractivity contribution in [2.75, 3.05) is 0 Å². The Kier molecular flexibility index (Phi) is 7.09. The van der Waals surface area contributed by atoms with E-state index in [1.165, 1.54) is 5.01 Å². The maximum atomic E-state index is 13.5. The summed E-state index contributed by atoms with van der Waals surface area (Å²) >= 11 is 12.1. The summed E-state index contributed by atoms with van der Waals surface area (Å²) in [5.74, 6) is 0.381. The molecule has 0 aliphatic rings. The normalized spacial score (nSPS) is 11.1. The van der Waals surface area contributed by atoms with Crippen molar-refractivity contribution >= 4 is 40.0 Å². The molecular formula is C26H21Cl2N7O2. The summed E-state index contributed by atoms with van der Waals surface area (Å²) in [7, 11) is 0. The van der Waals surface area contributed by atoms with Gasteiger partial charge in [0.1, 0.15) is 10.9 Å². The second-order valence-corrected chi connectivity index (χ2v) is 9.21. The first-order valence-corrected chi connectivity index (χ1v) is 12.1. The number of carbonyl (C=O) groups is 1. The van der Waals surface area contributed by atoms with Crippen molar-refractivity contribution in [3.05, 3.63) is 99.8 Å². The first-order valence-electron chi connectivity index (χ1n) is 11.3. The highest BCUT2D eigenvalue weighted by Gasteiger charge is 2.20. The number of nitrogens with one attached hydrogen (secondary N) is 1. The molecule has 0 saturated carbocycles. The highest BCUT2D eigenvalue weighted by Crippen LogP contribution is 2.29. The fourth-order valence-electron chi connectivity index (χ4n) is 3.97. The van der Waals surface area contributed by atoms with Crippen LogP contribution in [0, 0.1) is 13.8 Å². The van der Waals surface area contributed by atoms with E-state index in [2.05, 4.69) is 30.5 Å². The molecule has 0 aliphatic carbocycles. The van der Waals surface area contributed by atoms with Crippen LogP contribution in [0.25, 0.3) is 22.0 Å². The van der Waals surface area contributed by atoms with E-state index >= 15 is 0 Å². The zero-order valence-electron chi connectivity index (χ0n) is 19.9. The minimum absolute atomic E-state index is 0.0504. The number of nitrogens with zero attached hydrogens (tertiary/aromatic N) is 6. The maximum Gasteiger partial charge on any atom is 0.306 e. The second-order valence-electron chi connectivity index (χ2n) is 8.39. The van der Waals surface area contributed by atoms with Crippen molar-refractivity contribution in [1.82, 2.24) is 35.5 Å². The Hall–Kier alpha value is -3.92. The molecule has 11 heteroatoms. The molecule has 0 radical (unpaired) electrons. The summed E-state index contributed by atoms with van der Waals surface area (Å²) in [6.45, 7) is 4.29. The molecule has 0 aliphatic heterocycles. The molecule has 186 valence electrons. The Morgan fingerprint density at radius 1 is 1.03 bits per heavy atom. The molecule has 9 nitrogen and oxygen atoms in total. The number of hydrogen-bond acceptors (Lipinski definition) is 8. The highest BCUT2D eigenvalue weighted by molar-refractivity contribution is 6.30. The van der Waals surface area contributed by atoms with Crippen molar-refractivity contribution < 1.29 is 9.32 Å². The summed E-state index contributed by atoms with van der Waals surface area (Å²) in [6, 6.07) is 11.0. The third-order valence-corrected chi connectivity index (χ3v) is 6.12. The zero-order chi connectivity index (χ0) is 25.9. The van der Waals surface area contributed by atoms with Crippen LogP contribution in [0.2, 0.25) is 10.2 Å². The number of carbonyl (C=O) groups excluding carboxylic acids is 1. The van der Waals surface area contributed by atoms with Gasteiger partial charge in [-0.2, -0.15) is 0 Å². The van der Waals surface area contributed by atoms with E-state index < -0.39 is 5.91 Å². The molecule has 1 amide bonds. The number of rotatable bonds is 7. The molecule has 1 N–H and O–H groups in total. The zero-order valence-corrected chi connectivity index (χ0v) is 21.5. The Labute approximate surface area is 222 Å². The van der Waals surface area contributed by atoms with Gasteiger partial charge in [-0.3, -0.25) is 14.8 Å². The van der Waals surface area contributed by atoms with Crippen LogP contribution in [-0.2, 0) is 13.1 Å². The maximum absolute atomic E-state index is 13.5. The number of halogens is 2. The van der Waals surface area contributed by atoms with E-state index in [0.717, 1.165) is 39.1 Å². The van der Waals surface area contributed by atoms with Crippen LogP contribution >= 0.6 is 23.2 Å². The van der Waals surface area contributed by atoms with Crippen LogP contribution in [0.5, 0.6) is 0 Å². The fraction of sp³-hybridized carbons (Fsp3) is 0.154. The van der Waals surface area contributed by atoms with Gasteiger partial charge in [0.15, 0.2) is 0 Å². The highest BCUT2D eigenvalue weighted by atomic mass is 35.5. The van der Waals surface area contributed by atoms with Crippen molar-refractivity contribution in [1.29, 1.82) is 0 Å². The van der Waals surface area contributed by atoms with Crippen LogP contribution in [0.1, 0.15) is 33.2 Å². The van der Waals surface area contributed by atoms with Gasteiger partial charge in [0.2, 0.25) is 5.82 Å². The molecule has 37 heavy (non-hydrogen) atoms. The van der Waals surface area contributed by atoms with Gasteiger partial charge < -0.3 is 4.52 Å². The van der Waals surface area contributed by atoms with Crippen LogP contribution < -0.4 is 5.43 Å². The monoisotopic (exact) mass is 533 g/mol. The van der Waals surface area contributed by atoms with Crippen molar-refractivity contribution in [3.8, 4) is 11.1 Å². The molecule has 5 aromatic rings. The number of fused-ring (bicyclic) bond motifs is 1. The van der Waals surface area contributed by atoms with Crippen molar-refractivity contribution in [3.63, 3.8) is 0 Å². The third kappa shape index (κ3) is 5.59. The summed E-state index contributed by atoms with van der Waals surface area (Å²) in [5.41, 5.74) is 8.06. The predicted molar refractivity (Wildman–Crippen MR) is 140 cm³/mol. The average molecular weight is 534 g/mol. The lowest BCUT2D eigenvalue weighted by Gasteiger charge is -2.23. The number of benzene rings is 1. The minimum atomic E-state index is -0.403. The first-order chi connectivity index (χ1) is 17.9. The van der Waals surface area contributed by atoms with E-state index in [1.54, 1.807) is 43.0 Å². The Morgan fingerprint density at radius 2 is 1.89 bits per heavy atom. The number of aromatic nitrogens is 5. The van der Waals surface area contributed by atoms with Crippen LogP contribution in [0.15, 0.2) is 65.7 Å². The van der Waals surface area contributed by atoms with Gasteiger partial charge in [-0.05, 0) is 60.9 Å². The Morgan fingerprint density at radius 3 is 2.65 bits per heavy atom. The molecule has 0 saturated heterocycles. The molecule has 0 atom stereocenters. The Bertz CT molecular complexity index is 1590. The van der Waals surface area contributed by atoms with Gasteiger partial charge >= 0.3 is 5.91 Å². The lowest BCUT2D eigenvalue weighted by atomic mass is 10.0. The SMILES string of the molecule is Cc1noc(C)c1-c1ccc2nc(C(=O)N(Cc3ccnc(Cl)c3)NCc3cncc(Cl)c3)ncc2c1. The largest absolute Gasteiger partial charge is 0.361 e. The van der Waals surface area contributed by atoms with E-state index in [1.807, 2.05) is 32.0 Å². The molecule has 4 aromatic heterocycles. The molecule has 4 heterocycles. The molecule has 0 spiro atoms. The first kappa shape index (κ1) is 24.8. The van der Waals surface area contributed by atoms with E-state index in [-0.39, 0.29) is 12.4 Å². The van der Waals surface area contributed by atoms with E-state index in [0.29, 0.717) is 22.2 Å². The van der Waals surface area contributed by atoms with Crippen molar-refractivity contribution in [2.24, 2.45) is 0 Å². The van der Waals surface area contributed by atoms with E-state index in [4.69, 9.17) is 27.7 Å². The van der Waals surface area contributed by atoms with Crippen LogP contribution in [-0.4, -0.2) is 36.0 Å². The van der Waals surface area contributed by atoms with Gasteiger partial charge in [0.25, 0.3) is 0 Å². The molecular weight excluding hydrogens is 513 g/mol. The topological polar surface area (TPSA) is 110 Å². The summed E-state index contributed by atoms with van der Waals surface area (Å²) in [4.78, 5) is 30.5.